The Morgan fingerprint density at radius 3 is 2.61 bits per heavy atom. The number of rotatable bonds is 7. The molecule has 0 bridgehead atoms. The Balaban J connectivity index is 2.58. The van der Waals surface area contributed by atoms with Crippen LogP contribution in [0.5, 0.6) is 0 Å². The van der Waals surface area contributed by atoms with Gasteiger partial charge in [0.05, 0.1) is 0 Å². The second kappa shape index (κ2) is 7.54. The Bertz CT molecular complexity index is 393. The second-order valence-corrected chi connectivity index (χ2v) is 5.51. The largest absolute Gasteiger partial charge is 0.481 e. The molecule has 1 aromatic rings. The number of hydrogen-bond acceptors (Lipinski definition) is 2. The van der Waals surface area contributed by atoms with Crippen molar-refractivity contribution >= 4 is 21.9 Å². The highest BCUT2D eigenvalue weighted by Crippen LogP contribution is 2.19. The van der Waals surface area contributed by atoms with Gasteiger partial charge in [0.25, 0.3) is 0 Å². The summed E-state index contributed by atoms with van der Waals surface area (Å²) in [5.41, 5.74) is 1.24. The molecule has 1 rings (SSSR count). The molecule has 1 aromatic carbocycles. The van der Waals surface area contributed by atoms with Gasteiger partial charge in [0.2, 0.25) is 0 Å². The number of benzene rings is 1. The Morgan fingerprint density at radius 2 is 2.06 bits per heavy atom. The van der Waals surface area contributed by atoms with Crippen LogP contribution in [0.1, 0.15) is 32.3 Å². The quantitative estimate of drug-likeness (QED) is 0.837. The smallest absolute Gasteiger partial charge is 0.303 e. The fourth-order valence-corrected chi connectivity index (χ4v) is 2.21. The van der Waals surface area contributed by atoms with E-state index in [2.05, 4.69) is 40.7 Å². The highest BCUT2D eigenvalue weighted by Gasteiger charge is 2.12. The maximum Gasteiger partial charge on any atom is 0.303 e. The van der Waals surface area contributed by atoms with Crippen LogP contribution in [0.15, 0.2) is 28.7 Å². The molecule has 0 fully saturated rings. The van der Waals surface area contributed by atoms with Crippen LogP contribution in [0, 0.1) is 0 Å². The van der Waals surface area contributed by atoms with Gasteiger partial charge in [0, 0.05) is 23.5 Å². The molecule has 0 radical (unpaired) electrons. The first-order valence-corrected chi connectivity index (χ1v) is 6.99. The van der Waals surface area contributed by atoms with Crippen LogP contribution < -0.4 is 0 Å². The molecule has 3 nitrogen and oxygen atoms in total. The molecule has 0 aliphatic carbocycles. The minimum Gasteiger partial charge on any atom is -0.481 e. The Labute approximate surface area is 117 Å². The lowest BCUT2D eigenvalue weighted by molar-refractivity contribution is -0.137. The molecule has 0 spiro atoms. The molecule has 0 saturated heterocycles. The SMILES string of the molecule is CC(C)N(CCCC(=O)O)Cc1ccccc1Br. The standard InChI is InChI=1S/C14H20BrNO2/c1-11(2)16(9-5-8-14(17)18)10-12-6-3-4-7-13(12)15/h3-4,6-7,11H,5,8-10H2,1-2H3,(H,17,18). The van der Waals surface area contributed by atoms with Crippen molar-refractivity contribution in [2.75, 3.05) is 6.54 Å². The summed E-state index contributed by atoms with van der Waals surface area (Å²) in [6.45, 7) is 5.93. The highest BCUT2D eigenvalue weighted by atomic mass is 79.9. The van der Waals surface area contributed by atoms with Gasteiger partial charge in [-0.25, -0.2) is 0 Å². The maximum absolute atomic E-state index is 10.5. The average molecular weight is 314 g/mol. The van der Waals surface area contributed by atoms with E-state index in [-0.39, 0.29) is 6.42 Å². The molecular formula is C14H20BrNO2. The van der Waals surface area contributed by atoms with E-state index >= 15 is 0 Å². The van der Waals surface area contributed by atoms with Gasteiger partial charge >= 0.3 is 5.97 Å². The van der Waals surface area contributed by atoms with Crippen LogP contribution in [-0.4, -0.2) is 28.6 Å². The van der Waals surface area contributed by atoms with Crippen LogP contribution in [0.2, 0.25) is 0 Å². The molecule has 100 valence electrons. The van der Waals surface area contributed by atoms with E-state index in [0.29, 0.717) is 12.5 Å². The van der Waals surface area contributed by atoms with Gasteiger partial charge in [-0.15, -0.1) is 0 Å². The van der Waals surface area contributed by atoms with E-state index in [1.807, 2.05) is 18.2 Å². The van der Waals surface area contributed by atoms with Gasteiger partial charge in [0.1, 0.15) is 0 Å². The first-order chi connectivity index (χ1) is 8.50. The van der Waals surface area contributed by atoms with Gasteiger partial charge in [-0.05, 0) is 38.4 Å². The van der Waals surface area contributed by atoms with Crippen LogP contribution in [-0.2, 0) is 11.3 Å². The molecule has 18 heavy (non-hydrogen) atoms. The van der Waals surface area contributed by atoms with Crippen LogP contribution >= 0.6 is 15.9 Å². The zero-order valence-corrected chi connectivity index (χ0v) is 12.5. The fourth-order valence-electron chi connectivity index (χ4n) is 1.80. The lowest BCUT2D eigenvalue weighted by Gasteiger charge is -2.26. The van der Waals surface area contributed by atoms with Crippen LogP contribution in [0.25, 0.3) is 0 Å². The van der Waals surface area contributed by atoms with E-state index in [4.69, 9.17) is 5.11 Å². The number of aliphatic carboxylic acids is 1. The molecule has 0 amide bonds. The van der Waals surface area contributed by atoms with E-state index in [1.165, 1.54) is 5.56 Å². The number of halogens is 1. The monoisotopic (exact) mass is 313 g/mol. The third kappa shape index (κ3) is 5.19. The van der Waals surface area contributed by atoms with Crippen molar-refractivity contribution in [3.8, 4) is 0 Å². The third-order valence-electron chi connectivity index (χ3n) is 2.90. The number of hydrogen-bond donors (Lipinski definition) is 1. The third-order valence-corrected chi connectivity index (χ3v) is 3.67. The van der Waals surface area contributed by atoms with E-state index < -0.39 is 5.97 Å². The summed E-state index contributed by atoms with van der Waals surface area (Å²) < 4.78 is 1.11. The summed E-state index contributed by atoms with van der Waals surface area (Å²) >= 11 is 3.54. The fraction of sp³-hybridized carbons (Fsp3) is 0.500. The minimum atomic E-state index is -0.723. The molecule has 0 heterocycles. The zero-order chi connectivity index (χ0) is 13.5. The molecule has 0 aliphatic rings. The molecule has 0 aliphatic heterocycles. The van der Waals surface area contributed by atoms with Crippen LogP contribution in [0.3, 0.4) is 0 Å². The highest BCUT2D eigenvalue weighted by molar-refractivity contribution is 9.10. The topological polar surface area (TPSA) is 40.5 Å². The summed E-state index contributed by atoms with van der Waals surface area (Å²) in [7, 11) is 0. The predicted octanol–water partition coefficient (Wildman–Crippen LogP) is 3.52. The summed E-state index contributed by atoms with van der Waals surface area (Å²) in [6, 6.07) is 8.56. The minimum absolute atomic E-state index is 0.235. The zero-order valence-electron chi connectivity index (χ0n) is 10.9. The van der Waals surface area contributed by atoms with E-state index in [1.54, 1.807) is 0 Å². The molecule has 0 atom stereocenters. The van der Waals surface area contributed by atoms with Crippen molar-refractivity contribution in [1.29, 1.82) is 0 Å². The molecule has 4 heteroatoms. The van der Waals surface area contributed by atoms with Gasteiger partial charge in [-0.1, -0.05) is 34.1 Å². The summed E-state index contributed by atoms with van der Waals surface area (Å²) in [5, 5.41) is 8.67. The molecule has 0 aromatic heterocycles. The first-order valence-electron chi connectivity index (χ1n) is 6.20. The number of carboxylic acid groups (broad SMARTS) is 1. The Hall–Kier alpha value is -0.870. The molecular weight excluding hydrogens is 294 g/mol. The van der Waals surface area contributed by atoms with Gasteiger partial charge in [0.15, 0.2) is 0 Å². The van der Waals surface area contributed by atoms with Crippen molar-refractivity contribution in [3.05, 3.63) is 34.3 Å². The molecule has 0 unspecified atom stereocenters. The Kier molecular flexibility index (Phi) is 6.36. The molecule has 0 saturated carbocycles. The van der Waals surface area contributed by atoms with Gasteiger partial charge in [-0.2, -0.15) is 0 Å². The number of nitrogens with zero attached hydrogens (tertiary/aromatic N) is 1. The summed E-state index contributed by atoms with van der Waals surface area (Å²) in [5.74, 6) is -0.723. The van der Waals surface area contributed by atoms with Crippen molar-refractivity contribution in [2.24, 2.45) is 0 Å². The summed E-state index contributed by atoms with van der Waals surface area (Å²) in [6.07, 6.45) is 0.928. The van der Waals surface area contributed by atoms with Crippen LogP contribution in [0.4, 0.5) is 0 Å². The lowest BCUT2D eigenvalue weighted by atomic mass is 10.1. The maximum atomic E-state index is 10.5. The second-order valence-electron chi connectivity index (χ2n) is 4.65. The predicted molar refractivity (Wildman–Crippen MR) is 76.6 cm³/mol. The van der Waals surface area contributed by atoms with E-state index in [0.717, 1.165) is 17.6 Å². The summed E-state index contributed by atoms with van der Waals surface area (Å²) in [4.78, 5) is 12.8. The van der Waals surface area contributed by atoms with Gasteiger partial charge < -0.3 is 5.11 Å². The lowest BCUT2D eigenvalue weighted by Crippen LogP contribution is -2.31. The first kappa shape index (κ1) is 15.2. The van der Waals surface area contributed by atoms with Gasteiger partial charge in [-0.3, -0.25) is 9.69 Å². The number of carbonyl (C=O) groups is 1. The van der Waals surface area contributed by atoms with E-state index in [9.17, 15) is 4.79 Å². The van der Waals surface area contributed by atoms with Crippen molar-refractivity contribution in [2.45, 2.75) is 39.3 Å². The normalized spacial score (nSPS) is 11.2. The van der Waals surface area contributed by atoms with Crippen molar-refractivity contribution in [3.63, 3.8) is 0 Å². The van der Waals surface area contributed by atoms with Crippen molar-refractivity contribution in [1.82, 2.24) is 4.90 Å². The average Bonchev–Trinajstić information content (AvgIpc) is 2.29. The van der Waals surface area contributed by atoms with Crippen molar-refractivity contribution < 1.29 is 9.90 Å². The molecule has 1 N–H and O–H groups in total. The Morgan fingerprint density at radius 1 is 1.39 bits per heavy atom. The number of carboxylic acids is 1.